The molecule has 0 aliphatic carbocycles. The summed E-state index contributed by atoms with van der Waals surface area (Å²) in [5.41, 5.74) is 0.717. The topological polar surface area (TPSA) is 91.1 Å². The molecule has 0 bridgehead atoms. The van der Waals surface area contributed by atoms with Gasteiger partial charge in [0.15, 0.2) is 0 Å². The van der Waals surface area contributed by atoms with Gasteiger partial charge in [0.2, 0.25) is 5.91 Å². The van der Waals surface area contributed by atoms with Crippen molar-refractivity contribution in [2.75, 3.05) is 17.2 Å². The highest BCUT2D eigenvalue weighted by atomic mass is 32.3. The minimum atomic E-state index is -4.60. The summed E-state index contributed by atoms with van der Waals surface area (Å²) < 4.78 is 33.8. The van der Waals surface area contributed by atoms with Gasteiger partial charge in [-0.2, -0.15) is 13.7 Å². The first-order chi connectivity index (χ1) is 8.89. The molecule has 2 rings (SSSR count). The van der Waals surface area contributed by atoms with Gasteiger partial charge < -0.3 is 4.90 Å². The molecule has 1 saturated heterocycles. The van der Waals surface area contributed by atoms with Crippen LogP contribution in [0.2, 0.25) is 0 Å². The quantitative estimate of drug-likeness (QED) is 0.758. The molecule has 8 heteroatoms. The number of anilines is 1. The van der Waals surface area contributed by atoms with E-state index in [0.717, 1.165) is 0 Å². The molecule has 1 fully saturated rings. The summed E-state index contributed by atoms with van der Waals surface area (Å²) in [6, 6.07) is 3.38. The molecule has 1 aromatic rings. The molecule has 6 nitrogen and oxygen atoms in total. The molecule has 1 aliphatic rings. The first-order valence-corrected chi connectivity index (χ1v) is 7.02. The van der Waals surface area contributed by atoms with Gasteiger partial charge in [-0.1, -0.05) is 0 Å². The van der Waals surface area contributed by atoms with Crippen LogP contribution in [0.15, 0.2) is 18.5 Å². The lowest BCUT2D eigenvalue weighted by molar-refractivity contribution is -0.117. The maximum atomic E-state index is 12.6. The molecule has 1 unspecified atom stereocenters. The third kappa shape index (κ3) is 3.26. The molecule has 19 heavy (non-hydrogen) atoms. The summed E-state index contributed by atoms with van der Waals surface area (Å²) in [6.45, 7) is 0.110. The Bertz CT molecular complexity index is 653. The maximum absolute atomic E-state index is 12.6. The summed E-state index contributed by atoms with van der Waals surface area (Å²) in [5, 5.41) is 8.75. The van der Waals surface area contributed by atoms with E-state index in [1.165, 1.54) is 23.4 Å². The minimum Gasteiger partial charge on any atom is -0.311 e. The van der Waals surface area contributed by atoms with E-state index in [2.05, 4.69) is 4.98 Å². The standard InChI is InChI=1S/C11H10FN3O3S/c12-19(17,18)7-9-2-11(16)15(6-9)10-1-8(3-13)4-14-5-10/h1,4-5,9H,2,6-7H2. The predicted octanol–water partition coefficient (Wildman–Crippen LogP) is 0.605. The molecular weight excluding hydrogens is 273 g/mol. The minimum absolute atomic E-state index is 0.0278. The van der Waals surface area contributed by atoms with Crippen LogP contribution < -0.4 is 4.90 Å². The van der Waals surface area contributed by atoms with Gasteiger partial charge in [-0.25, -0.2) is 0 Å². The highest BCUT2D eigenvalue weighted by Gasteiger charge is 2.33. The lowest BCUT2D eigenvalue weighted by atomic mass is 10.1. The second-order valence-electron chi connectivity index (χ2n) is 4.32. The first-order valence-electron chi connectivity index (χ1n) is 5.47. The molecule has 1 aliphatic heterocycles. The van der Waals surface area contributed by atoms with Crippen molar-refractivity contribution in [2.24, 2.45) is 5.92 Å². The van der Waals surface area contributed by atoms with Gasteiger partial charge in [0.05, 0.1) is 23.2 Å². The third-order valence-corrected chi connectivity index (χ3v) is 3.67. The Kier molecular flexibility index (Phi) is 3.48. The Morgan fingerprint density at radius 1 is 1.53 bits per heavy atom. The van der Waals surface area contributed by atoms with Crippen molar-refractivity contribution in [3.63, 3.8) is 0 Å². The molecule has 0 spiro atoms. The number of carbonyl (C=O) groups is 1. The van der Waals surface area contributed by atoms with Crippen molar-refractivity contribution in [3.05, 3.63) is 24.0 Å². The number of amides is 1. The van der Waals surface area contributed by atoms with Crippen molar-refractivity contribution in [2.45, 2.75) is 6.42 Å². The number of hydrogen-bond donors (Lipinski definition) is 0. The molecule has 1 atom stereocenters. The first kappa shape index (κ1) is 13.4. The zero-order chi connectivity index (χ0) is 14.0. The Hall–Kier alpha value is -2.01. The average molecular weight is 283 g/mol. The number of aromatic nitrogens is 1. The van der Waals surface area contributed by atoms with Crippen LogP contribution in [-0.2, 0) is 15.0 Å². The maximum Gasteiger partial charge on any atom is 0.302 e. The highest BCUT2D eigenvalue weighted by molar-refractivity contribution is 7.86. The van der Waals surface area contributed by atoms with Gasteiger partial charge in [0.25, 0.3) is 0 Å². The summed E-state index contributed by atoms with van der Waals surface area (Å²) in [4.78, 5) is 16.9. The average Bonchev–Trinajstić information content (AvgIpc) is 2.68. The second-order valence-corrected chi connectivity index (χ2v) is 5.73. The van der Waals surface area contributed by atoms with Crippen LogP contribution in [0.25, 0.3) is 0 Å². The fraction of sp³-hybridized carbons (Fsp3) is 0.364. The third-order valence-electron chi connectivity index (χ3n) is 2.80. The van der Waals surface area contributed by atoms with Crippen LogP contribution >= 0.6 is 0 Å². The smallest absolute Gasteiger partial charge is 0.302 e. The monoisotopic (exact) mass is 283 g/mol. The molecule has 0 aromatic carbocycles. The van der Waals surface area contributed by atoms with Crippen LogP contribution in [0.5, 0.6) is 0 Å². The van der Waals surface area contributed by atoms with Crippen molar-refractivity contribution >= 4 is 21.8 Å². The van der Waals surface area contributed by atoms with E-state index in [-0.39, 0.29) is 18.9 Å². The van der Waals surface area contributed by atoms with Crippen molar-refractivity contribution in [1.29, 1.82) is 5.26 Å². The van der Waals surface area contributed by atoms with Crippen LogP contribution in [0.1, 0.15) is 12.0 Å². The number of nitriles is 1. The van der Waals surface area contributed by atoms with Crippen LogP contribution in [-0.4, -0.2) is 31.6 Å². The lowest BCUT2D eigenvalue weighted by Gasteiger charge is -2.15. The van der Waals surface area contributed by atoms with Crippen LogP contribution in [0, 0.1) is 17.2 Å². The Morgan fingerprint density at radius 3 is 2.89 bits per heavy atom. The molecule has 1 aromatic heterocycles. The largest absolute Gasteiger partial charge is 0.311 e. The fourth-order valence-electron chi connectivity index (χ4n) is 2.06. The fourth-order valence-corrected chi connectivity index (χ4v) is 2.85. The van der Waals surface area contributed by atoms with E-state index in [4.69, 9.17) is 5.26 Å². The Labute approximate surface area is 109 Å². The number of pyridine rings is 1. The van der Waals surface area contributed by atoms with Crippen LogP contribution in [0.4, 0.5) is 9.57 Å². The SMILES string of the molecule is N#Cc1cncc(N2CC(CS(=O)(=O)F)CC2=O)c1. The summed E-state index contributed by atoms with van der Waals surface area (Å²) >= 11 is 0. The van der Waals surface area contributed by atoms with Crippen molar-refractivity contribution < 1.29 is 17.1 Å². The van der Waals surface area contributed by atoms with E-state index in [1.54, 1.807) is 0 Å². The molecule has 100 valence electrons. The van der Waals surface area contributed by atoms with E-state index in [1.807, 2.05) is 6.07 Å². The zero-order valence-corrected chi connectivity index (χ0v) is 10.6. The predicted molar refractivity (Wildman–Crippen MR) is 64.3 cm³/mol. The van der Waals surface area contributed by atoms with Crippen LogP contribution in [0.3, 0.4) is 0 Å². The second kappa shape index (κ2) is 4.93. The van der Waals surface area contributed by atoms with Gasteiger partial charge in [-0.3, -0.25) is 9.78 Å². The number of hydrogen-bond acceptors (Lipinski definition) is 5. The number of rotatable bonds is 3. The Balaban J connectivity index is 2.18. The summed E-state index contributed by atoms with van der Waals surface area (Å²) in [5.74, 6) is -1.54. The van der Waals surface area contributed by atoms with Crippen molar-refractivity contribution in [1.82, 2.24) is 4.98 Å². The van der Waals surface area contributed by atoms with Crippen molar-refractivity contribution in [3.8, 4) is 6.07 Å². The lowest BCUT2D eigenvalue weighted by Crippen LogP contribution is -2.25. The molecule has 0 N–H and O–H groups in total. The molecule has 1 amide bonds. The molecular formula is C11H10FN3O3S. The normalized spacial score (nSPS) is 19.5. The zero-order valence-electron chi connectivity index (χ0n) is 9.78. The Morgan fingerprint density at radius 2 is 2.26 bits per heavy atom. The van der Waals surface area contributed by atoms with Gasteiger partial charge in [0.1, 0.15) is 6.07 Å². The molecule has 2 heterocycles. The number of halogens is 1. The van der Waals surface area contributed by atoms with E-state index < -0.39 is 21.9 Å². The highest BCUT2D eigenvalue weighted by Crippen LogP contribution is 2.26. The molecule has 0 saturated carbocycles. The van der Waals surface area contributed by atoms with Gasteiger partial charge >= 0.3 is 10.2 Å². The number of carbonyl (C=O) groups excluding carboxylic acids is 1. The van der Waals surface area contributed by atoms with Gasteiger partial charge in [-0.15, -0.1) is 3.89 Å². The molecule has 0 radical (unpaired) electrons. The van der Waals surface area contributed by atoms with E-state index in [0.29, 0.717) is 11.3 Å². The van der Waals surface area contributed by atoms with Gasteiger partial charge in [-0.05, 0) is 6.07 Å². The van der Waals surface area contributed by atoms with E-state index >= 15 is 0 Å². The van der Waals surface area contributed by atoms with Gasteiger partial charge in [0, 0.05) is 25.1 Å². The summed E-state index contributed by atoms with van der Waals surface area (Å²) in [7, 11) is -4.60. The number of nitrogens with zero attached hydrogens (tertiary/aromatic N) is 3. The summed E-state index contributed by atoms with van der Waals surface area (Å²) in [6.07, 6.45) is 2.73. The van der Waals surface area contributed by atoms with E-state index in [9.17, 15) is 17.1 Å².